The van der Waals surface area contributed by atoms with Gasteiger partial charge < -0.3 is 5.32 Å². The van der Waals surface area contributed by atoms with E-state index in [2.05, 4.69) is 10.4 Å². The van der Waals surface area contributed by atoms with Crippen LogP contribution in [0.2, 0.25) is 0 Å². The molecule has 0 spiro atoms. The summed E-state index contributed by atoms with van der Waals surface area (Å²) in [5, 5.41) is 8.73. The molecule has 1 aliphatic rings. The molecule has 1 saturated carbocycles. The van der Waals surface area contributed by atoms with Crippen molar-refractivity contribution in [3.8, 4) is 0 Å². The Morgan fingerprint density at radius 3 is 2.90 bits per heavy atom. The summed E-state index contributed by atoms with van der Waals surface area (Å²) in [7, 11) is 0. The highest BCUT2D eigenvalue weighted by Crippen LogP contribution is 2.28. The number of benzene rings is 1. The number of carbonyl (C=O) groups is 1. The first-order valence-corrected chi connectivity index (χ1v) is 7.44. The molecule has 1 atom stereocenters. The van der Waals surface area contributed by atoms with E-state index in [1.165, 1.54) is 4.68 Å². The maximum absolute atomic E-state index is 12.4. The molecule has 110 valence electrons. The van der Waals surface area contributed by atoms with E-state index in [0.717, 1.165) is 24.6 Å². The number of rotatable bonds is 5. The molecule has 5 nitrogen and oxygen atoms in total. The van der Waals surface area contributed by atoms with Gasteiger partial charge in [-0.05, 0) is 25.3 Å². The van der Waals surface area contributed by atoms with E-state index in [9.17, 15) is 9.59 Å². The molecule has 1 aromatic carbocycles. The van der Waals surface area contributed by atoms with Crippen molar-refractivity contribution >= 4 is 16.7 Å². The Labute approximate surface area is 123 Å². The van der Waals surface area contributed by atoms with Crippen molar-refractivity contribution in [2.24, 2.45) is 5.92 Å². The van der Waals surface area contributed by atoms with Gasteiger partial charge in [0.15, 0.2) is 0 Å². The molecule has 1 aliphatic carbocycles. The molecule has 0 radical (unpaired) electrons. The monoisotopic (exact) mass is 285 g/mol. The largest absolute Gasteiger partial charge is 0.351 e. The lowest BCUT2D eigenvalue weighted by atomic mass is 10.2. The first-order valence-electron chi connectivity index (χ1n) is 7.44. The quantitative estimate of drug-likeness (QED) is 0.909. The first-order chi connectivity index (χ1) is 10.2. The summed E-state index contributed by atoms with van der Waals surface area (Å²) >= 11 is 0. The second kappa shape index (κ2) is 5.68. The molecule has 0 unspecified atom stereocenters. The van der Waals surface area contributed by atoms with E-state index in [-0.39, 0.29) is 23.4 Å². The molecule has 1 amide bonds. The lowest BCUT2D eigenvalue weighted by molar-refractivity contribution is -0.123. The fraction of sp³-hybridized carbons (Fsp3) is 0.438. The van der Waals surface area contributed by atoms with E-state index in [0.29, 0.717) is 11.9 Å². The molecular weight excluding hydrogens is 266 g/mol. The maximum Gasteiger partial charge on any atom is 0.274 e. The average molecular weight is 285 g/mol. The van der Waals surface area contributed by atoms with Crippen LogP contribution >= 0.6 is 0 Å². The predicted octanol–water partition coefficient (Wildman–Crippen LogP) is 1.70. The normalized spacial score (nSPS) is 15.9. The van der Waals surface area contributed by atoms with Gasteiger partial charge in [-0.15, -0.1) is 0 Å². The van der Waals surface area contributed by atoms with Crippen molar-refractivity contribution in [1.29, 1.82) is 0 Å². The zero-order chi connectivity index (χ0) is 14.8. The number of carbonyl (C=O) groups excluding carboxylic acids is 1. The number of aromatic nitrogens is 2. The van der Waals surface area contributed by atoms with Crippen molar-refractivity contribution in [3.05, 3.63) is 40.8 Å². The number of hydrogen-bond acceptors (Lipinski definition) is 3. The zero-order valence-electron chi connectivity index (χ0n) is 12.1. The van der Waals surface area contributed by atoms with Crippen LogP contribution in [0.15, 0.2) is 35.3 Å². The van der Waals surface area contributed by atoms with Crippen molar-refractivity contribution in [2.45, 2.75) is 38.8 Å². The minimum atomic E-state index is -0.104. The van der Waals surface area contributed by atoms with Crippen molar-refractivity contribution < 1.29 is 4.79 Å². The Bertz CT molecular complexity index is 719. The topological polar surface area (TPSA) is 64.0 Å². The molecule has 1 heterocycles. The van der Waals surface area contributed by atoms with Gasteiger partial charge in [0.05, 0.1) is 18.1 Å². The van der Waals surface area contributed by atoms with Gasteiger partial charge >= 0.3 is 0 Å². The van der Waals surface area contributed by atoms with Crippen LogP contribution in [-0.2, 0) is 11.3 Å². The van der Waals surface area contributed by atoms with Gasteiger partial charge in [0, 0.05) is 17.3 Å². The molecule has 21 heavy (non-hydrogen) atoms. The number of hydrogen-bond donors (Lipinski definition) is 1. The van der Waals surface area contributed by atoms with Crippen LogP contribution in [0.5, 0.6) is 0 Å². The average Bonchev–Trinajstić information content (AvgIpc) is 3.34. The van der Waals surface area contributed by atoms with Gasteiger partial charge in [-0.1, -0.05) is 25.1 Å². The van der Waals surface area contributed by atoms with Gasteiger partial charge in [0.25, 0.3) is 5.56 Å². The minimum absolute atomic E-state index is 0.0514. The number of nitrogens with zero attached hydrogens (tertiary/aromatic N) is 2. The Balaban J connectivity index is 1.80. The lowest BCUT2D eigenvalue weighted by Gasteiger charge is -2.17. The number of amides is 1. The Hall–Kier alpha value is -2.17. The molecule has 0 bridgehead atoms. The van der Waals surface area contributed by atoms with Crippen LogP contribution in [0, 0.1) is 5.92 Å². The summed E-state index contributed by atoms with van der Waals surface area (Å²) in [6.45, 7) is 2.42. The molecule has 1 fully saturated rings. The SMILES string of the molecule is CC[C@H](Cn1ncc2ccccc2c1=O)NC(=O)C1CC1. The number of fused-ring (bicyclic) bond motifs is 1. The first kappa shape index (κ1) is 13.8. The fourth-order valence-corrected chi connectivity index (χ4v) is 2.41. The lowest BCUT2D eigenvalue weighted by Crippen LogP contribution is -2.41. The van der Waals surface area contributed by atoms with Crippen LogP contribution in [0.1, 0.15) is 26.2 Å². The van der Waals surface area contributed by atoms with Crippen molar-refractivity contribution in [2.75, 3.05) is 0 Å². The highest BCUT2D eigenvalue weighted by atomic mass is 16.2. The van der Waals surface area contributed by atoms with Crippen LogP contribution in [0.3, 0.4) is 0 Å². The molecule has 2 aromatic rings. The van der Waals surface area contributed by atoms with Gasteiger partial charge in [-0.3, -0.25) is 9.59 Å². The third-order valence-electron chi connectivity index (χ3n) is 3.94. The smallest absolute Gasteiger partial charge is 0.274 e. The third kappa shape index (κ3) is 2.96. The highest BCUT2D eigenvalue weighted by molar-refractivity contribution is 5.81. The van der Waals surface area contributed by atoms with Gasteiger partial charge in [0.2, 0.25) is 5.91 Å². The maximum atomic E-state index is 12.4. The fourth-order valence-electron chi connectivity index (χ4n) is 2.41. The number of nitrogens with one attached hydrogen (secondary N) is 1. The third-order valence-corrected chi connectivity index (χ3v) is 3.94. The molecule has 1 aromatic heterocycles. The van der Waals surface area contributed by atoms with Gasteiger partial charge in [0.1, 0.15) is 0 Å². The predicted molar refractivity (Wildman–Crippen MR) is 80.9 cm³/mol. The van der Waals surface area contributed by atoms with E-state index in [1.807, 2.05) is 25.1 Å². The second-order valence-corrected chi connectivity index (χ2v) is 5.61. The minimum Gasteiger partial charge on any atom is -0.351 e. The van der Waals surface area contributed by atoms with E-state index in [1.54, 1.807) is 12.3 Å². The molecule has 3 rings (SSSR count). The molecular formula is C16H19N3O2. The summed E-state index contributed by atoms with van der Waals surface area (Å²) < 4.78 is 1.45. The molecule has 5 heteroatoms. The summed E-state index contributed by atoms with van der Waals surface area (Å²) in [4.78, 5) is 24.2. The summed E-state index contributed by atoms with van der Waals surface area (Å²) in [6.07, 6.45) is 4.44. The van der Waals surface area contributed by atoms with Crippen molar-refractivity contribution in [1.82, 2.24) is 15.1 Å². The molecule has 1 N–H and O–H groups in total. The van der Waals surface area contributed by atoms with E-state index in [4.69, 9.17) is 0 Å². The Morgan fingerprint density at radius 2 is 2.19 bits per heavy atom. The summed E-state index contributed by atoms with van der Waals surface area (Å²) in [6, 6.07) is 7.36. The Kier molecular flexibility index (Phi) is 3.73. The van der Waals surface area contributed by atoms with E-state index < -0.39 is 0 Å². The molecule has 0 aliphatic heterocycles. The van der Waals surface area contributed by atoms with Crippen LogP contribution in [0.25, 0.3) is 10.8 Å². The highest BCUT2D eigenvalue weighted by Gasteiger charge is 2.30. The second-order valence-electron chi connectivity index (χ2n) is 5.61. The Morgan fingerprint density at radius 1 is 1.43 bits per heavy atom. The summed E-state index contributed by atoms with van der Waals surface area (Å²) in [5.41, 5.74) is -0.104. The van der Waals surface area contributed by atoms with Gasteiger partial charge in [-0.25, -0.2) is 4.68 Å². The van der Waals surface area contributed by atoms with Crippen LogP contribution in [-0.4, -0.2) is 21.7 Å². The van der Waals surface area contributed by atoms with Gasteiger partial charge in [-0.2, -0.15) is 5.10 Å². The van der Waals surface area contributed by atoms with Crippen LogP contribution < -0.4 is 10.9 Å². The standard InChI is InChI=1S/C16H19N3O2/c1-2-13(18-15(20)11-7-8-11)10-19-16(21)14-6-4-3-5-12(14)9-17-19/h3-6,9,11,13H,2,7-8,10H2,1H3,(H,18,20)/t13-/m1/s1. The summed E-state index contributed by atoms with van der Waals surface area (Å²) in [5.74, 6) is 0.288. The molecule has 0 saturated heterocycles. The van der Waals surface area contributed by atoms with Crippen LogP contribution in [0.4, 0.5) is 0 Å². The zero-order valence-corrected chi connectivity index (χ0v) is 12.1. The van der Waals surface area contributed by atoms with E-state index >= 15 is 0 Å². The van der Waals surface area contributed by atoms with Crippen molar-refractivity contribution in [3.63, 3.8) is 0 Å².